The fourth-order valence-corrected chi connectivity index (χ4v) is 2.85. The molecule has 0 spiro atoms. The molecule has 1 aromatic carbocycles. The van der Waals surface area contributed by atoms with Crippen molar-refractivity contribution in [3.63, 3.8) is 0 Å². The summed E-state index contributed by atoms with van der Waals surface area (Å²) in [5.41, 5.74) is -0.0583. The van der Waals surface area contributed by atoms with Gasteiger partial charge in [0.15, 0.2) is 0 Å². The Morgan fingerprint density at radius 3 is 1.80 bits per heavy atom. The van der Waals surface area contributed by atoms with Gasteiger partial charge in [-0.05, 0) is 12.5 Å². The van der Waals surface area contributed by atoms with Gasteiger partial charge in [0.25, 0.3) is 0 Å². The monoisotopic (exact) mass is 347 g/mol. The van der Waals surface area contributed by atoms with Crippen molar-refractivity contribution in [1.29, 1.82) is 0 Å². The Labute approximate surface area is 151 Å². The molecule has 0 aromatic heterocycles. The van der Waals surface area contributed by atoms with Gasteiger partial charge in [0.05, 0.1) is 18.1 Å². The molecule has 0 bridgehead atoms. The van der Waals surface area contributed by atoms with Gasteiger partial charge in [-0.2, -0.15) is 0 Å². The highest BCUT2D eigenvalue weighted by Crippen LogP contribution is 2.12. The zero-order valence-electron chi connectivity index (χ0n) is 15.4. The molecule has 1 aromatic rings. The summed E-state index contributed by atoms with van der Waals surface area (Å²) in [5, 5.41) is 11.0. The van der Waals surface area contributed by atoms with Crippen molar-refractivity contribution >= 4 is 11.9 Å². The van der Waals surface area contributed by atoms with E-state index in [0.717, 1.165) is 19.3 Å². The van der Waals surface area contributed by atoms with Crippen LogP contribution in [0.5, 0.6) is 0 Å². The van der Waals surface area contributed by atoms with E-state index in [1.54, 1.807) is 12.1 Å². The summed E-state index contributed by atoms with van der Waals surface area (Å²) in [7, 11) is 0. The van der Waals surface area contributed by atoms with Gasteiger partial charge in [0.1, 0.15) is 0 Å². The lowest BCUT2D eigenvalue weighted by Gasteiger charge is -2.10. The minimum atomic E-state index is -1.36. The van der Waals surface area contributed by atoms with Crippen LogP contribution in [0.3, 0.4) is 0 Å². The van der Waals surface area contributed by atoms with Crippen LogP contribution in [0.25, 0.3) is 0 Å². The van der Waals surface area contributed by atoms with Gasteiger partial charge in [-0.1, -0.05) is 89.3 Å². The van der Waals surface area contributed by atoms with Gasteiger partial charge in [0.2, 0.25) is 0 Å². The summed E-state index contributed by atoms with van der Waals surface area (Å²) < 4.78 is 5.17. The highest BCUT2D eigenvalue weighted by Gasteiger charge is 2.12. The summed E-state index contributed by atoms with van der Waals surface area (Å²) in [5.74, 6) is -1.95. The average Bonchev–Trinajstić information content (AvgIpc) is 2.62. The Morgan fingerprint density at radius 1 is 0.800 bits per heavy atom. The summed E-state index contributed by atoms with van der Waals surface area (Å²) in [6.45, 7) is 2.57. The lowest BCUT2D eigenvalue weighted by Crippen LogP contribution is -2.25. The Kier molecular flexibility index (Phi) is 11.4. The number of carbonyl (C=O) groups is 2. The molecule has 4 heteroatoms. The lowest BCUT2D eigenvalue weighted by molar-refractivity contribution is -0.255. The van der Waals surface area contributed by atoms with E-state index in [1.165, 1.54) is 63.5 Å². The number of esters is 1. The summed E-state index contributed by atoms with van der Waals surface area (Å²) in [6.07, 6.45) is 13.5. The number of carboxylic acids is 1. The fraction of sp³-hybridized carbons (Fsp3) is 0.619. The number of ether oxygens (including phenoxy) is 1. The third-order valence-electron chi connectivity index (χ3n) is 4.35. The molecule has 4 nitrogen and oxygen atoms in total. The number of hydrogen-bond donors (Lipinski definition) is 0. The molecule has 0 atom stereocenters. The van der Waals surface area contributed by atoms with Crippen LogP contribution in [0, 0.1) is 0 Å². The molecule has 1 rings (SSSR count). The van der Waals surface area contributed by atoms with Gasteiger partial charge in [0, 0.05) is 5.56 Å². The molecular formula is C21H31O4-. The van der Waals surface area contributed by atoms with Crippen LogP contribution in [0.2, 0.25) is 0 Å². The van der Waals surface area contributed by atoms with Crippen molar-refractivity contribution in [3.8, 4) is 0 Å². The van der Waals surface area contributed by atoms with Crippen LogP contribution in [0.4, 0.5) is 0 Å². The van der Waals surface area contributed by atoms with E-state index in [-0.39, 0.29) is 11.1 Å². The SMILES string of the molecule is CCCCCCCCCCCCCOC(=O)c1ccccc1C(=O)[O-]. The molecule has 0 aliphatic rings. The number of benzene rings is 1. The first-order chi connectivity index (χ1) is 12.2. The van der Waals surface area contributed by atoms with Crippen molar-refractivity contribution in [2.24, 2.45) is 0 Å². The number of carbonyl (C=O) groups excluding carboxylic acids is 2. The maximum absolute atomic E-state index is 11.9. The number of hydrogen-bond acceptors (Lipinski definition) is 4. The summed E-state index contributed by atoms with van der Waals surface area (Å²) in [6, 6.07) is 5.99. The molecule has 0 aliphatic carbocycles. The minimum absolute atomic E-state index is 0.0607. The number of aromatic carboxylic acids is 1. The highest BCUT2D eigenvalue weighted by molar-refractivity contribution is 6.01. The van der Waals surface area contributed by atoms with Crippen molar-refractivity contribution < 1.29 is 19.4 Å². The van der Waals surface area contributed by atoms with Crippen LogP contribution in [-0.2, 0) is 4.74 Å². The molecule has 0 saturated heterocycles. The standard InChI is InChI=1S/C21H32O4/c1-2-3-4-5-6-7-8-9-10-11-14-17-25-21(24)19-16-13-12-15-18(19)20(22)23/h12-13,15-16H,2-11,14,17H2,1H3,(H,22,23)/p-1. The van der Waals surface area contributed by atoms with Crippen LogP contribution in [-0.4, -0.2) is 18.5 Å². The lowest BCUT2D eigenvalue weighted by atomic mass is 10.1. The molecule has 0 aliphatic heterocycles. The van der Waals surface area contributed by atoms with Gasteiger partial charge in [-0.3, -0.25) is 0 Å². The number of unbranched alkanes of at least 4 members (excludes halogenated alkanes) is 10. The van der Waals surface area contributed by atoms with Crippen molar-refractivity contribution in [3.05, 3.63) is 35.4 Å². The first-order valence-electron chi connectivity index (χ1n) is 9.64. The molecule has 25 heavy (non-hydrogen) atoms. The van der Waals surface area contributed by atoms with Crippen molar-refractivity contribution in [2.45, 2.75) is 77.6 Å². The maximum atomic E-state index is 11.9. The molecular weight excluding hydrogens is 316 g/mol. The van der Waals surface area contributed by atoms with E-state index >= 15 is 0 Å². The zero-order chi connectivity index (χ0) is 18.3. The van der Waals surface area contributed by atoms with E-state index in [0.29, 0.717) is 6.61 Å². The fourth-order valence-electron chi connectivity index (χ4n) is 2.85. The van der Waals surface area contributed by atoms with Crippen molar-refractivity contribution in [1.82, 2.24) is 0 Å². The predicted octanol–water partition coefficient (Wildman–Crippen LogP) is 4.52. The van der Waals surface area contributed by atoms with Crippen molar-refractivity contribution in [2.75, 3.05) is 6.61 Å². The Bertz CT molecular complexity index is 510. The Balaban J connectivity index is 2.05. The van der Waals surface area contributed by atoms with E-state index < -0.39 is 11.9 Å². The van der Waals surface area contributed by atoms with Crippen LogP contribution < -0.4 is 5.11 Å². The first kappa shape index (κ1) is 21.2. The third-order valence-corrected chi connectivity index (χ3v) is 4.35. The average molecular weight is 347 g/mol. The molecule has 0 saturated carbocycles. The molecule has 0 radical (unpaired) electrons. The Morgan fingerprint density at radius 2 is 1.28 bits per heavy atom. The quantitative estimate of drug-likeness (QED) is 0.367. The first-order valence-corrected chi connectivity index (χ1v) is 9.64. The smallest absolute Gasteiger partial charge is 0.338 e. The summed E-state index contributed by atoms with van der Waals surface area (Å²) >= 11 is 0. The second kappa shape index (κ2) is 13.5. The van der Waals surface area contributed by atoms with Crippen LogP contribution in [0.1, 0.15) is 98.3 Å². The van der Waals surface area contributed by atoms with E-state index in [1.807, 2.05) is 0 Å². The predicted molar refractivity (Wildman–Crippen MR) is 97.5 cm³/mol. The minimum Gasteiger partial charge on any atom is -0.545 e. The molecule has 140 valence electrons. The van der Waals surface area contributed by atoms with Crippen LogP contribution >= 0.6 is 0 Å². The maximum Gasteiger partial charge on any atom is 0.338 e. The second-order valence-electron chi connectivity index (χ2n) is 6.50. The number of rotatable bonds is 14. The van der Waals surface area contributed by atoms with Gasteiger partial charge >= 0.3 is 5.97 Å². The van der Waals surface area contributed by atoms with Gasteiger partial charge in [-0.15, -0.1) is 0 Å². The second-order valence-corrected chi connectivity index (χ2v) is 6.50. The topological polar surface area (TPSA) is 66.4 Å². The zero-order valence-corrected chi connectivity index (χ0v) is 15.4. The largest absolute Gasteiger partial charge is 0.545 e. The molecule has 0 N–H and O–H groups in total. The highest BCUT2D eigenvalue weighted by atomic mass is 16.5. The third kappa shape index (κ3) is 9.28. The van der Waals surface area contributed by atoms with E-state index in [9.17, 15) is 14.7 Å². The molecule has 0 unspecified atom stereocenters. The van der Waals surface area contributed by atoms with Gasteiger partial charge in [-0.25, -0.2) is 4.79 Å². The molecule has 0 amide bonds. The normalized spacial score (nSPS) is 10.6. The number of carboxylic acid groups (broad SMARTS) is 1. The van der Waals surface area contributed by atoms with E-state index in [2.05, 4.69) is 6.92 Å². The van der Waals surface area contributed by atoms with E-state index in [4.69, 9.17) is 4.74 Å². The van der Waals surface area contributed by atoms with Gasteiger partial charge < -0.3 is 14.6 Å². The van der Waals surface area contributed by atoms with Crippen LogP contribution in [0.15, 0.2) is 24.3 Å². The molecule has 0 heterocycles. The molecule has 0 fully saturated rings. The summed E-state index contributed by atoms with van der Waals surface area (Å²) in [4.78, 5) is 22.9. The Hall–Kier alpha value is -1.84.